The molecule has 0 bridgehead atoms. The summed E-state index contributed by atoms with van der Waals surface area (Å²) in [5, 5.41) is 2.97. The zero-order valence-corrected chi connectivity index (χ0v) is 16.5. The van der Waals surface area contributed by atoms with Crippen LogP contribution in [0.1, 0.15) is 18.1 Å². The molecule has 0 fully saturated rings. The number of methoxy groups -OCH3 is 4. The van der Waals surface area contributed by atoms with Crippen LogP contribution in [-0.4, -0.2) is 34.3 Å². The minimum absolute atomic E-state index is 0.0143. The molecule has 1 unspecified atom stereocenters. The van der Waals surface area contributed by atoms with Crippen LogP contribution in [0.25, 0.3) is 0 Å². The summed E-state index contributed by atoms with van der Waals surface area (Å²) in [5.41, 5.74) is 1.96. The van der Waals surface area contributed by atoms with Crippen LogP contribution in [0.2, 0.25) is 0 Å². The maximum Gasteiger partial charge on any atom is 0.223 e. The van der Waals surface area contributed by atoms with E-state index in [-0.39, 0.29) is 11.8 Å². The molecule has 6 nitrogen and oxygen atoms in total. The Kier molecular flexibility index (Phi) is 7.34. The first-order valence-electron chi connectivity index (χ1n) is 8.71. The lowest BCUT2D eigenvalue weighted by Crippen LogP contribution is -2.29. The van der Waals surface area contributed by atoms with Crippen LogP contribution in [0, 0.1) is 5.92 Å². The number of rotatable bonds is 9. The Morgan fingerprint density at radius 2 is 1.30 bits per heavy atom. The molecule has 6 heteroatoms. The van der Waals surface area contributed by atoms with E-state index in [0.29, 0.717) is 36.0 Å². The van der Waals surface area contributed by atoms with Crippen LogP contribution < -0.4 is 24.3 Å². The number of nitrogens with one attached hydrogen (secondary N) is 1. The second-order valence-electron chi connectivity index (χ2n) is 6.20. The van der Waals surface area contributed by atoms with Crippen molar-refractivity contribution in [3.05, 3.63) is 47.5 Å². The fourth-order valence-corrected chi connectivity index (χ4v) is 2.81. The summed E-state index contributed by atoms with van der Waals surface area (Å²) in [6.07, 6.45) is 0.609. The molecular weight excluding hydrogens is 346 g/mol. The van der Waals surface area contributed by atoms with E-state index < -0.39 is 0 Å². The lowest BCUT2D eigenvalue weighted by atomic mass is 10.00. The highest BCUT2D eigenvalue weighted by molar-refractivity contribution is 5.78. The van der Waals surface area contributed by atoms with Gasteiger partial charge in [-0.25, -0.2) is 0 Å². The van der Waals surface area contributed by atoms with Gasteiger partial charge in [-0.05, 0) is 41.8 Å². The molecule has 27 heavy (non-hydrogen) atoms. The molecule has 2 aromatic carbocycles. The molecule has 1 amide bonds. The first kappa shape index (κ1) is 20.4. The van der Waals surface area contributed by atoms with Gasteiger partial charge in [-0.1, -0.05) is 19.1 Å². The Balaban J connectivity index is 1.96. The smallest absolute Gasteiger partial charge is 0.223 e. The minimum atomic E-state index is -0.178. The number of hydrogen-bond acceptors (Lipinski definition) is 5. The van der Waals surface area contributed by atoms with Crippen molar-refractivity contribution >= 4 is 5.91 Å². The van der Waals surface area contributed by atoms with Gasteiger partial charge in [0.15, 0.2) is 23.0 Å². The van der Waals surface area contributed by atoms with Crippen LogP contribution in [0.4, 0.5) is 0 Å². The SMILES string of the molecule is COc1ccc(CNC(=O)C(C)Cc2ccc(OC)c(OC)c2)cc1OC. The number of ether oxygens (including phenoxy) is 4. The topological polar surface area (TPSA) is 66.0 Å². The highest BCUT2D eigenvalue weighted by atomic mass is 16.5. The van der Waals surface area contributed by atoms with Crippen LogP contribution in [0.15, 0.2) is 36.4 Å². The molecule has 146 valence electrons. The van der Waals surface area contributed by atoms with Crippen molar-refractivity contribution in [2.24, 2.45) is 5.92 Å². The maximum atomic E-state index is 12.5. The van der Waals surface area contributed by atoms with E-state index in [1.807, 2.05) is 43.3 Å². The van der Waals surface area contributed by atoms with Gasteiger partial charge in [0, 0.05) is 12.5 Å². The molecule has 0 aromatic heterocycles. The summed E-state index contributed by atoms with van der Waals surface area (Å²) in [5.74, 6) is 2.44. The van der Waals surface area contributed by atoms with Gasteiger partial charge in [-0.3, -0.25) is 4.79 Å². The molecule has 1 atom stereocenters. The van der Waals surface area contributed by atoms with Gasteiger partial charge in [0.05, 0.1) is 28.4 Å². The highest BCUT2D eigenvalue weighted by Crippen LogP contribution is 2.29. The fraction of sp³-hybridized carbons (Fsp3) is 0.381. The molecule has 0 saturated heterocycles. The van der Waals surface area contributed by atoms with E-state index in [0.717, 1.165) is 11.1 Å². The van der Waals surface area contributed by atoms with Crippen LogP contribution in [-0.2, 0) is 17.8 Å². The normalized spacial score (nSPS) is 11.4. The van der Waals surface area contributed by atoms with Crippen molar-refractivity contribution in [3.8, 4) is 23.0 Å². The summed E-state index contributed by atoms with van der Waals surface area (Å²) >= 11 is 0. The lowest BCUT2D eigenvalue weighted by Gasteiger charge is -2.15. The molecule has 0 aliphatic rings. The van der Waals surface area contributed by atoms with Gasteiger partial charge >= 0.3 is 0 Å². The van der Waals surface area contributed by atoms with Crippen LogP contribution in [0.5, 0.6) is 23.0 Å². The van der Waals surface area contributed by atoms with Gasteiger partial charge in [-0.2, -0.15) is 0 Å². The van der Waals surface area contributed by atoms with Gasteiger partial charge < -0.3 is 24.3 Å². The molecule has 2 rings (SSSR count). The van der Waals surface area contributed by atoms with Crippen molar-refractivity contribution in [3.63, 3.8) is 0 Å². The first-order chi connectivity index (χ1) is 13.0. The van der Waals surface area contributed by atoms with E-state index in [9.17, 15) is 4.79 Å². The summed E-state index contributed by atoms with van der Waals surface area (Å²) in [7, 11) is 6.38. The van der Waals surface area contributed by atoms with E-state index in [2.05, 4.69) is 5.32 Å². The van der Waals surface area contributed by atoms with Crippen molar-refractivity contribution in [1.29, 1.82) is 0 Å². The number of hydrogen-bond donors (Lipinski definition) is 1. The number of amides is 1. The van der Waals surface area contributed by atoms with Gasteiger partial charge in [0.2, 0.25) is 5.91 Å². The molecule has 0 heterocycles. The largest absolute Gasteiger partial charge is 0.493 e. The van der Waals surface area contributed by atoms with Crippen molar-refractivity contribution in [2.75, 3.05) is 28.4 Å². The lowest BCUT2D eigenvalue weighted by molar-refractivity contribution is -0.124. The Hall–Kier alpha value is -2.89. The Morgan fingerprint density at radius 1 is 0.815 bits per heavy atom. The third kappa shape index (κ3) is 5.29. The van der Waals surface area contributed by atoms with E-state index >= 15 is 0 Å². The zero-order chi connectivity index (χ0) is 19.8. The van der Waals surface area contributed by atoms with Crippen LogP contribution >= 0.6 is 0 Å². The monoisotopic (exact) mass is 373 g/mol. The third-order valence-corrected chi connectivity index (χ3v) is 4.35. The maximum absolute atomic E-state index is 12.5. The molecule has 0 aliphatic heterocycles. The quantitative estimate of drug-likeness (QED) is 0.731. The second kappa shape index (κ2) is 9.71. The molecule has 0 radical (unpaired) electrons. The van der Waals surface area contributed by atoms with Gasteiger partial charge in [-0.15, -0.1) is 0 Å². The second-order valence-corrected chi connectivity index (χ2v) is 6.20. The standard InChI is InChI=1S/C21H27NO5/c1-14(10-15-6-8-17(24-2)19(11-15)26-4)21(23)22-13-16-7-9-18(25-3)20(12-16)27-5/h6-9,11-12,14H,10,13H2,1-5H3,(H,22,23). The predicted molar refractivity (Wildman–Crippen MR) is 104 cm³/mol. The summed E-state index contributed by atoms with van der Waals surface area (Å²) in [6, 6.07) is 11.3. The van der Waals surface area contributed by atoms with Crippen molar-refractivity contribution in [1.82, 2.24) is 5.32 Å². The number of benzene rings is 2. The van der Waals surface area contributed by atoms with Crippen molar-refractivity contribution in [2.45, 2.75) is 19.9 Å². The Bertz CT molecular complexity index is 775. The Morgan fingerprint density at radius 3 is 1.81 bits per heavy atom. The summed E-state index contributed by atoms with van der Waals surface area (Å²) in [4.78, 5) is 12.5. The molecular formula is C21H27NO5. The molecule has 0 spiro atoms. The molecule has 2 aromatic rings. The van der Waals surface area contributed by atoms with E-state index in [1.54, 1.807) is 28.4 Å². The number of carbonyl (C=O) groups is 1. The van der Waals surface area contributed by atoms with Crippen molar-refractivity contribution < 1.29 is 23.7 Å². The third-order valence-electron chi connectivity index (χ3n) is 4.35. The highest BCUT2D eigenvalue weighted by Gasteiger charge is 2.15. The molecule has 1 N–H and O–H groups in total. The summed E-state index contributed by atoms with van der Waals surface area (Å²) in [6.45, 7) is 2.33. The first-order valence-corrected chi connectivity index (χ1v) is 8.71. The van der Waals surface area contributed by atoms with Gasteiger partial charge in [0.1, 0.15) is 0 Å². The van der Waals surface area contributed by atoms with E-state index in [1.165, 1.54) is 0 Å². The Labute approximate surface area is 160 Å². The average Bonchev–Trinajstić information content (AvgIpc) is 2.71. The van der Waals surface area contributed by atoms with E-state index in [4.69, 9.17) is 18.9 Å². The van der Waals surface area contributed by atoms with Gasteiger partial charge in [0.25, 0.3) is 0 Å². The summed E-state index contributed by atoms with van der Waals surface area (Å²) < 4.78 is 21.1. The minimum Gasteiger partial charge on any atom is -0.493 e. The predicted octanol–water partition coefficient (Wildman–Crippen LogP) is 3.22. The molecule has 0 saturated carbocycles. The molecule has 0 aliphatic carbocycles. The fourth-order valence-electron chi connectivity index (χ4n) is 2.81. The average molecular weight is 373 g/mol. The van der Waals surface area contributed by atoms with Crippen LogP contribution in [0.3, 0.4) is 0 Å². The zero-order valence-electron chi connectivity index (χ0n) is 16.5. The number of carbonyl (C=O) groups excluding carboxylic acids is 1.